The van der Waals surface area contributed by atoms with E-state index < -0.39 is 10.0 Å². The van der Waals surface area contributed by atoms with Gasteiger partial charge in [-0.25, -0.2) is 12.7 Å². The molecule has 0 radical (unpaired) electrons. The van der Waals surface area contributed by atoms with Gasteiger partial charge in [-0.05, 0) is 62.4 Å². The highest BCUT2D eigenvalue weighted by atomic mass is 32.2. The lowest BCUT2D eigenvalue weighted by molar-refractivity contribution is 0.166. The normalized spacial score (nSPS) is 20.2. The van der Waals surface area contributed by atoms with Gasteiger partial charge in [-0.15, -0.1) is 0 Å². The third-order valence-electron chi connectivity index (χ3n) is 5.06. The number of rotatable bonds is 6. The molecule has 0 unspecified atom stereocenters. The molecule has 2 aliphatic rings. The van der Waals surface area contributed by atoms with Crippen molar-refractivity contribution in [3.05, 3.63) is 35.4 Å². The molecule has 24 heavy (non-hydrogen) atoms. The fourth-order valence-corrected chi connectivity index (χ4v) is 5.07. The summed E-state index contributed by atoms with van der Waals surface area (Å²) in [5.74, 6) is 0.449. The van der Waals surface area contributed by atoms with Crippen molar-refractivity contribution in [1.82, 2.24) is 9.21 Å². The van der Waals surface area contributed by atoms with Crippen LogP contribution in [0.3, 0.4) is 0 Å². The van der Waals surface area contributed by atoms with Crippen LogP contribution in [0.2, 0.25) is 0 Å². The van der Waals surface area contributed by atoms with Gasteiger partial charge < -0.3 is 0 Å². The van der Waals surface area contributed by atoms with Crippen LogP contribution in [0.15, 0.2) is 24.3 Å². The standard InChI is InChI=1S/C18H25N3O2S/c1-20(24(22,23)18-5-6-18)13-15-7-9-21(10-8-15)14-17-4-2-3-16(11-17)12-19/h2-4,11,15,18H,5-10,13-14H2,1H3. The highest BCUT2D eigenvalue weighted by Crippen LogP contribution is 2.31. The second kappa shape index (κ2) is 7.22. The van der Waals surface area contributed by atoms with E-state index in [0.717, 1.165) is 45.3 Å². The fourth-order valence-electron chi connectivity index (χ4n) is 3.41. The minimum Gasteiger partial charge on any atom is -0.299 e. The first-order chi connectivity index (χ1) is 11.5. The van der Waals surface area contributed by atoms with Crippen LogP contribution in [-0.4, -0.2) is 49.6 Å². The predicted molar refractivity (Wildman–Crippen MR) is 93.7 cm³/mol. The Morgan fingerprint density at radius 1 is 1.25 bits per heavy atom. The maximum atomic E-state index is 12.2. The van der Waals surface area contributed by atoms with Gasteiger partial charge in [0.05, 0.1) is 16.9 Å². The quantitative estimate of drug-likeness (QED) is 0.791. The molecule has 1 aromatic rings. The van der Waals surface area contributed by atoms with Crippen molar-refractivity contribution in [2.45, 2.75) is 37.5 Å². The summed E-state index contributed by atoms with van der Waals surface area (Å²) in [4.78, 5) is 2.39. The Balaban J connectivity index is 1.48. The zero-order chi connectivity index (χ0) is 17.2. The topological polar surface area (TPSA) is 64.4 Å². The van der Waals surface area contributed by atoms with Gasteiger partial charge in [0.2, 0.25) is 10.0 Å². The van der Waals surface area contributed by atoms with Gasteiger partial charge in [-0.1, -0.05) is 12.1 Å². The lowest BCUT2D eigenvalue weighted by atomic mass is 9.96. The molecule has 3 rings (SSSR count). The molecule has 0 bridgehead atoms. The van der Waals surface area contributed by atoms with Gasteiger partial charge in [0, 0.05) is 20.1 Å². The molecular weight excluding hydrogens is 322 g/mol. The summed E-state index contributed by atoms with van der Waals surface area (Å²) < 4.78 is 26.0. The monoisotopic (exact) mass is 347 g/mol. The van der Waals surface area contributed by atoms with E-state index in [0.29, 0.717) is 18.0 Å². The van der Waals surface area contributed by atoms with Crippen LogP contribution in [0.4, 0.5) is 0 Å². The van der Waals surface area contributed by atoms with E-state index in [9.17, 15) is 8.42 Å². The van der Waals surface area contributed by atoms with E-state index in [1.54, 1.807) is 11.4 Å². The number of likely N-dealkylation sites (tertiary alicyclic amines) is 1. The van der Waals surface area contributed by atoms with Crippen molar-refractivity contribution in [3.8, 4) is 6.07 Å². The average Bonchev–Trinajstić information content (AvgIpc) is 3.42. The summed E-state index contributed by atoms with van der Waals surface area (Å²) in [6.07, 6.45) is 3.71. The maximum Gasteiger partial charge on any atom is 0.216 e. The second-order valence-electron chi connectivity index (χ2n) is 7.06. The molecule has 1 saturated heterocycles. The Morgan fingerprint density at radius 3 is 2.58 bits per heavy atom. The Hall–Kier alpha value is -1.42. The van der Waals surface area contributed by atoms with Crippen molar-refractivity contribution >= 4 is 10.0 Å². The van der Waals surface area contributed by atoms with Gasteiger partial charge in [-0.3, -0.25) is 4.90 Å². The number of nitriles is 1. The number of hydrogen-bond acceptors (Lipinski definition) is 4. The van der Waals surface area contributed by atoms with Crippen LogP contribution < -0.4 is 0 Å². The van der Waals surface area contributed by atoms with E-state index in [1.807, 2.05) is 18.2 Å². The first kappa shape index (κ1) is 17.4. The number of benzene rings is 1. The average molecular weight is 347 g/mol. The van der Waals surface area contributed by atoms with Crippen LogP contribution in [0, 0.1) is 17.2 Å². The molecule has 0 amide bonds. The molecule has 6 heteroatoms. The van der Waals surface area contributed by atoms with Crippen molar-refractivity contribution in [1.29, 1.82) is 5.26 Å². The van der Waals surface area contributed by atoms with Gasteiger partial charge in [0.15, 0.2) is 0 Å². The lowest BCUT2D eigenvalue weighted by Crippen LogP contribution is -2.40. The van der Waals surface area contributed by atoms with Crippen molar-refractivity contribution < 1.29 is 8.42 Å². The molecule has 1 aliphatic heterocycles. The van der Waals surface area contributed by atoms with Crippen LogP contribution >= 0.6 is 0 Å². The summed E-state index contributed by atoms with van der Waals surface area (Å²) in [6, 6.07) is 9.94. The van der Waals surface area contributed by atoms with Gasteiger partial charge in [0.25, 0.3) is 0 Å². The minimum atomic E-state index is -3.05. The molecule has 1 heterocycles. The largest absolute Gasteiger partial charge is 0.299 e. The fraction of sp³-hybridized carbons (Fsp3) is 0.611. The molecule has 130 valence electrons. The van der Waals surface area contributed by atoms with Gasteiger partial charge in [0.1, 0.15) is 0 Å². The zero-order valence-electron chi connectivity index (χ0n) is 14.2. The van der Waals surface area contributed by atoms with E-state index >= 15 is 0 Å². The molecular formula is C18H25N3O2S. The Kier molecular flexibility index (Phi) is 5.24. The first-order valence-electron chi connectivity index (χ1n) is 8.65. The van der Waals surface area contributed by atoms with Crippen molar-refractivity contribution in [2.24, 2.45) is 5.92 Å². The Morgan fingerprint density at radius 2 is 1.96 bits per heavy atom. The molecule has 0 spiro atoms. The van der Waals surface area contributed by atoms with Crippen LogP contribution in [0.5, 0.6) is 0 Å². The first-order valence-corrected chi connectivity index (χ1v) is 10.2. The van der Waals surface area contributed by atoms with Gasteiger partial charge in [-0.2, -0.15) is 5.26 Å². The summed E-state index contributed by atoms with van der Waals surface area (Å²) >= 11 is 0. The molecule has 0 N–H and O–H groups in total. The molecule has 0 atom stereocenters. The minimum absolute atomic E-state index is 0.116. The molecule has 1 aromatic carbocycles. The number of sulfonamides is 1. The van der Waals surface area contributed by atoms with E-state index in [2.05, 4.69) is 17.0 Å². The molecule has 1 saturated carbocycles. The van der Waals surface area contributed by atoms with Crippen LogP contribution in [0.25, 0.3) is 0 Å². The SMILES string of the molecule is CN(CC1CCN(Cc2cccc(C#N)c2)CC1)S(=O)(=O)C1CC1. The number of hydrogen-bond donors (Lipinski definition) is 0. The predicted octanol–water partition coefficient (Wildman–Crippen LogP) is 2.19. The summed E-state index contributed by atoms with van der Waals surface area (Å²) in [5, 5.41) is 8.86. The number of nitrogens with zero attached hydrogens (tertiary/aromatic N) is 3. The lowest BCUT2D eigenvalue weighted by Gasteiger charge is -2.33. The second-order valence-corrected chi connectivity index (χ2v) is 9.38. The molecule has 2 fully saturated rings. The third-order valence-corrected chi connectivity index (χ3v) is 7.40. The molecule has 1 aliphatic carbocycles. The third kappa shape index (κ3) is 4.15. The summed E-state index contributed by atoms with van der Waals surface area (Å²) in [6.45, 7) is 3.48. The Bertz CT molecular complexity index is 714. The van der Waals surface area contributed by atoms with E-state index in [1.165, 1.54) is 5.56 Å². The molecule has 5 nitrogen and oxygen atoms in total. The summed E-state index contributed by atoms with van der Waals surface area (Å²) in [7, 11) is -1.32. The zero-order valence-corrected chi connectivity index (χ0v) is 15.0. The maximum absolute atomic E-state index is 12.2. The highest BCUT2D eigenvalue weighted by Gasteiger charge is 2.39. The highest BCUT2D eigenvalue weighted by molar-refractivity contribution is 7.90. The van der Waals surface area contributed by atoms with Crippen LogP contribution in [-0.2, 0) is 16.6 Å². The smallest absolute Gasteiger partial charge is 0.216 e. The van der Waals surface area contributed by atoms with Crippen molar-refractivity contribution in [3.63, 3.8) is 0 Å². The van der Waals surface area contributed by atoms with Gasteiger partial charge >= 0.3 is 0 Å². The number of piperidine rings is 1. The van der Waals surface area contributed by atoms with Crippen molar-refractivity contribution in [2.75, 3.05) is 26.7 Å². The molecule has 0 aromatic heterocycles. The van der Waals surface area contributed by atoms with Crippen LogP contribution in [0.1, 0.15) is 36.8 Å². The summed E-state index contributed by atoms with van der Waals surface area (Å²) in [5.41, 5.74) is 1.87. The van der Waals surface area contributed by atoms with E-state index in [4.69, 9.17) is 5.26 Å². The van der Waals surface area contributed by atoms with E-state index in [-0.39, 0.29) is 5.25 Å². The Labute approximate surface area is 144 Å².